The van der Waals surface area contributed by atoms with E-state index in [9.17, 15) is 5.11 Å². The van der Waals surface area contributed by atoms with E-state index < -0.39 is 0 Å². The van der Waals surface area contributed by atoms with E-state index in [1.165, 1.54) is 0 Å². The molecule has 90 valence electrons. The van der Waals surface area contributed by atoms with Crippen LogP contribution in [0, 0.1) is 0 Å². The van der Waals surface area contributed by atoms with Crippen LogP contribution in [-0.2, 0) is 6.54 Å². The minimum atomic E-state index is 0.120. The summed E-state index contributed by atoms with van der Waals surface area (Å²) in [6, 6.07) is 5.16. The maximum absolute atomic E-state index is 9.74. The third-order valence-electron chi connectivity index (χ3n) is 3.35. The number of aromatic hydroxyl groups is 1. The lowest BCUT2D eigenvalue weighted by Crippen LogP contribution is -2.39. The molecule has 0 aliphatic carbocycles. The monoisotopic (exact) mass is 241 g/mol. The molecule has 0 aromatic heterocycles. The highest BCUT2D eigenvalue weighted by Gasteiger charge is 2.21. The van der Waals surface area contributed by atoms with Gasteiger partial charge in [0.15, 0.2) is 0 Å². The molecule has 3 heteroatoms. The lowest BCUT2D eigenvalue weighted by atomic mass is 9.99. The standard InChI is InChI=1S/C13H20ClNO/c1-5-13(2,3)15(4)9-10-8-11(14)6-7-12(10)16/h6-8,16H,5,9H2,1-4H3. The smallest absolute Gasteiger partial charge is 0.120 e. The minimum Gasteiger partial charge on any atom is -0.508 e. The number of halogens is 1. The van der Waals surface area contributed by atoms with Gasteiger partial charge in [-0.25, -0.2) is 0 Å². The zero-order chi connectivity index (χ0) is 12.3. The van der Waals surface area contributed by atoms with Crippen molar-refractivity contribution in [3.05, 3.63) is 28.8 Å². The van der Waals surface area contributed by atoms with Crippen molar-refractivity contribution in [2.45, 2.75) is 39.3 Å². The Morgan fingerprint density at radius 3 is 2.56 bits per heavy atom. The summed E-state index contributed by atoms with van der Waals surface area (Å²) in [5, 5.41) is 10.4. The summed E-state index contributed by atoms with van der Waals surface area (Å²) in [6.07, 6.45) is 1.06. The summed E-state index contributed by atoms with van der Waals surface area (Å²) < 4.78 is 0. The van der Waals surface area contributed by atoms with Crippen LogP contribution >= 0.6 is 11.6 Å². The number of nitrogens with zero attached hydrogens (tertiary/aromatic N) is 1. The number of phenols is 1. The van der Waals surface area contributed by atoms with Crippen molar-refractivity contribution in [2.24, 2.45) is 0 Å². The zero-order valence-electron chi connectivity index (χ0n) is 10.4. The summed E-state index contributed by atoms with van der Waals surface area (Å²) in [5.74, 6) is 0.308. The Kier molecular flexibility index (Phi) is 4.22. The summed E-state index contributed by atoms with van der Waals surface area (Å²) in [6.45, 7) is 7.24. The molecular formula is C13H20ClNO. The van der Waals surface area contributed by atoms with E-state index in [1.54, 1.807) is 12.1 Å². The molecule has 0 atom stereocenters. The van der Waals surface area contributed by atoms with E-state index in [-0.39, 0.29) is 5.54 Å². The Hall–Kier alpha value is -0.730. The molecule has 0 unspecified atom stereocenters. The summed E-state index contributed by atoms with van der Waals surface area (Å²) in [7, 11) is 2.06. The van der Waals surface area contributed by atoms with Crippen molar-refractivity contribution in [3.63, 3.8) is 0 Å². The van der Waals surface area contributed by atoms with Gasteiger partial charge in [0.05, 0.1) is 0 Å². The van der Waals surface area contributed by atoms with Crippen molar-refractivity contribution < 1.29 is 5.11 Å². The van der Waals surface area contributed by atoms with Crippen molar-refractivity contribution >= 4 is 11.6 Å². The molecule has 0 fully saturated rings. The average molecular weight is 242 g/mol. The first-order valence-electron chi connectivity index (χ1n) is 5.55. The second-order valence-electron chi connectivity index (χ2n) is 4.80. The van der Waals surface area contributed by atoms with Gasteiger partial charge in [-0.1, -0.05) is 18.5 Å². The molecule has 0 amide bonds. The molecule has 0 aliphatic heterocycles. The first-order chi connectivity index (χ1) is 7.36. The minimum absolute atomic E-state index is 0.120. The number of phenolic OH excluding ortho intramolecular Hbond substituents is 1. The fourth-order valence-electron chi connectivity index (χ4n) is 1.42. The summed E-state index contributed by atoms with van der Waals surface area (Å²) in [5.41, 5.74) is 0.992. The van der Waals surface area contributed by atoms with Gasteiger partial charge in [-0.2, -0.15) is 0 Å². The van der Waals surface area contributed by atoms with Crippen LogP contribution in [-0.4, -0.2) is 22.6 Å². The van der Waals surface area contributed by atoms with E-state index in [1.807, 2.05) is 6.07 Å². The molecule has 0 radical (unpaired) electrons. The van der Waals surface area contributed by atoms with E-state index in [0.717, 1.165) is 12.0 Å². The largest absolute Gasteiger partial charge is 0.508 e. The van der Waals surface area contributed by atoms with Gasteiger partial charge < -0.3 is 5.11 Å². The van der Waals surface area contributed by atoms with Gasteiger partial charge >= 0.3 is 0 Å². The molecule has 0 heterocycles. The van der Waals surface area contributed by atoms with Crippen molar-refractivity contribution in [1.82, 2.24) is 4.90 Å². The molecule has 1 rings (SSSR count). The quantitative estimate of drug-likeness (QED) is 0.870. The van der Waals surface area contributed by atoms with Crippen molar-refractivity contribution in [3.8, 4) is 5.75 Å². The number of benzene rings is 1. The topological polar surface area (TPSA) is 23.5 Å². The molecule has 1 aromatic carbocycles. The van der Waals surface area contributed by atoms with Crippen molar-refractivity contribution in [2.75, 3.05) is 7.05 Å². The molecule has 1 N–H and O–H groups in total. The van der Waals surface area contributed by atoms with E-state index in [2.05, 4.69) is 32.7 Å². The van der Waals surface area contributed by atoms with Gasteiger partial charge in [0.25, 0.3) is 0 Å². The Bertz CT molecular complexity index is 363. The fraction of sp³-hybridized carbons (Fsp3) is 0.538. The number of hydrogen-bond acceptors (Lipinski definition) is 2. The Balaban J connectivity index is 2.84. The van der Waals surface area contributed by atoms with Gasteiger partial charge in [-0.05, 0) is 45.5 Å². The van der Waals surface area contributed by atoms with Gasteiger partial charge in [-0.3, -0.25) is 4.90 Å². The molecule has 0 bridgehead atoms. The predicted molar refractivity (Wildman–Crippen MR) is 69.0 cm³/mol. The Morgan fingerprint density at radius 1 is 1.38 bits per heavy atom. The number of hydrogen-bond donors (Lipinski definition) is 1. The normalized spacial score (nSPS) is 12.1. The van der Waals surface area contributed by atoms with Crippen LogP contribution in [0.25, 0.3) is 0 Å². The molecule has 1 aromatic rings. The lowest BCUT2D eigenvalue weighted by Gasteiger charge is -2.35. The zero-order valence-corrected chi connectivity index (χ0v) is 11.2. The molecule has 0 saturated heterocycles. The Morgan fingerprint density at radius 2 is 2.00 bits per heavy atom. The van der Waals surface area contributed by atoms with Gasteiger partial charge in [-0.15, -0.1) is 0 Å². The molecular weight excluding hydrogens is 222 g/mol. The molecule has 2 nitrogen and oxygen atoms in total. The fourth-order valence-corrected chi connectivity index (χ4v) is 1.61. The SMILES string of the molecule is CCC(C)(C)N(C)Cc1cc(Cl)ccc1O. The summed E-state index contributed by atoms with van der Waals surface area (Å²) in [4.78, 5) is 2.22. The third-order valence-corrected chi connectivity index (χ3v) is 3.58. The van der Waals surface area contributed by atoms with E-state index >= 15 is 0 Å². The van der Waals surface area contributed by atoms with Crippen LogP contribution in [0.3, 0.4) is 0 Å². The first kappa shape index (κ1) is 13.3. The van der Waals surface area contributed by atoms with Gasteiger partial charge in [0, 0.05) is 22.7 Å². The first-order valence-corrected chi connectivity index (χ1v) is 5.93. The maximum atomic E-state index is 9.74. The highest BCUT2D eigenvalue weighted by molar-refractivity contribution is 6.30. The van der Waals surface area contributed by atoms with Gasteiger partial charge in [0.1, 0.15) is 5.75 Å². The maximum Gasteiger partial charge on any atom is 0.120 e. The van der Waals surface area contributed by atoms with E-state index in [4.69, 9.17) is 11.6 Å². The molecule has 0 saturated carbocycles. The average Bonchev–Trinajstić information content (AvgIpc) is 2.23. The third kappa shape index (κ3) is 3.13. The van der Waals surface area contributed by atoms with Crippen LogP contribution in [0.4, 0.5) is 0 Å². The Labute approximate surface area is 103 Å². The second kappa shape index (κ2) is 5.07. The highest BCUT2D eigenvalue weighted by atomic mass is 35.5. The van der Waals surface area contributed by atoms with E-state index in [0.29, 0.717) is 17.3 Å². The molecule has 0 spiro atoms. The van der Waals surface area contributed by atoms with Crippen LogP contribution in [0.15, 0.2) is 18.2 Å². The lowest BCUT2D eigenvalue weighted by molar-refractivity contribution is 0.142. The van der Waals surface area contributed by atoms with Crippen LogP contribution in [0.2, 0.25) is 5.02 Å². The van der Waals surface area contributed by atoms with Crippen LogP contribution in [0.5, 0.6) is 5.75 Å². The van der Waals surface area contributed by atoms with Crippen LogP contribution in [0.1, 0.15) is 32.8 Å². The summed E-state index contributed by atoms with van der Waals surface area (Å²) >= 11 is 5.92. The van der Waals surface area contributed by atoms with Crippen molar-refractivity contribution in [1.29, 1.82) is 0 Å². The molecule has 16 heavy (non-hydrogen) atoms. The molecule has 0 aliphatic rings. The highest BCUT2D eigenvalue weighted by Crippen LogP contribution is 2.26. The van der Waals surface area contributed by atoms with Crippen LogP contribution < -0.4 is 0 Å². The second-order valence-corrected chi connectivity index (χ2v) is 5.23. The van der Waals surface area contributed by atoms with Gasteiger partial charge in [0.2, 0.25) is 0 Å². The number of rotatable bonds is 4. The predicted octanol–water partition coefficient (Wildman–Crippen LogP) is 3.67.